The van der Waals surface area contributed by atoms with Gasteiger partial charge in [0.2, 0.25) is 0 Å². The highest BCUT2D eigenvalue weighted by atomic mass is 32.1. The first-order chi connectivity index (χ1) is 20.8. The van der Waals surface area contributed by atoms with Crippen molar-refractivity contribution in [1.29, 1.82) is 0 Å². The first kappa shape index (κ1) is 24.0. The van der Waals surface area contributed by atoms with E-state index in [9.17, 15) is 0 Å². The van der Waals surface area contributed by atoms with Gasteiger partial charge in [-0.25, -0.2) is 0 Å². The molecule has 0 bridgehead atoms. The van der Waals surface area contributed by atoms with E-state index in [0.29, 0.717) is 11.8 Å². The van der Waals surface area contributed by atoms with Gasteiger partial charge in [-0.05, 0) is 81.5 Å². The van der Waals surface area contributed by atoms with Crippen molar-refractivity contribution < 1.29 is 4.42 Å². The Bertz CT molecular complexity index is 2180. The number of rotatable bonds is 3. The number of fused-ring (bicyclic) bond motifs is 5. The van der Waals surface area contributed by atoms with Crippen LogP contribution in [0.5, 0.6) is 0 Å². The van der Waals surface area contributed by atoms with Gasteiger partial charge in [0, 0.05) is 32.2 Å². The summed E-state index contributed by atoms with van der Waals surface area (Å²) in [6.45, 7) is 0. The summed E-state index contributed by atoms with van der Waals surface area (Å²) in [6.07, 6.45) is 16.1. The lowest BCUT2D eigenvalue weighted by molar-refractivity contribution is 0.636. The van der Waals surface area contributed by atoms with Crippen LogP contribution in [0, 0.1) is 5.92 Å². The minimum Gasteiger partial charge on any atom is -0.456 e. The Morgan fingerprint density at radius 3 is 2.48 bits per heavy atom. The molecule has 0 radical (unpaired) electrons. The van der Waals surface area contributed by atoms with Crippen molar-refractivity contribution in [2.24, 2.45) is 5.92 Å². The van der Waals surface area contributed by atoms with Gasteiger partial charge < -0.3 is 4.42 Å². The second-order valence-electron chi connectivity index (χ2n) is 11.5. The fourth-order valence-corrected chi connectivity index (χ4v) is 8.47. The molecule has 9 rings (SSSR count). The van der Waals surface area contributed by atoms with Gasteiger partial charge in [-0.15, -0.1) is 11.3 Å². The largest absolute Gasteiger partial charge is 0.456 e. The zero-order chi connectivity index (χ0) is 27.6. The summed E-state index contributed by atoms with van der Waals surface area (Å²) in [4.78, 5) is 1.29. The summed E-state index contributed by atoms with van der Waals surface area (Å²) in [5, 5.41) is 3.70. The van der Waals surface area contributed by atoms with Crippen LogP contribution in [0.1, 0.15) is 29.9 Å². The molecule has 0 saturated heterocycles. The molecule has 3 aliphatic rings. The van der Waals surface area contributed by atoms with Crippen molar-refractivity contribution in [3.8, 4) is 10.4 Å². The van der Waals surface area contributed by atoms with Crippen molar-refractivity contribution in [3.05, 3.63) is 161 Å². The van der Waals surface area contributed by atoms with Gasteiger partial charge >= 0.3 is 0 Å². The van der Waals surface area contributed by atoms with Crippen LogP contribution in [-0.2, 0) is 0 Å². The molecule has 0 N–H and O–H groups in total. The van der Waals surface area contributed by atoms with Crippen LogP contribution in [0.4, 0.5) is 0 Å². The molecule has 4 aromatic carbocycles. The summed E-state index contributed by atoms with van der Waals surface area (Å²) < 4.78 is 7.85. The number of thiophene rings is 1. The second-order valence-corrected chi connectivity index (χ2v) is 12.6. The van der Waals surface area contributed by atoms with Crippen LogP contribution in [0.3, 0.4) is 0 Å². The summed E-state index contributed by atoms with van der Waals surface area (Å²) >= 11 is 1.83. The van der Waals surface area contributed by atoms with Crippen molar-refractivity contribution in [3.63, 3.8) is 0 Å². The Morgan fingerprint density at radius 1 is 0.738 bits per heavy atom. The molecule has 0 aliphatic heterocycles. The summed E-state index contributed by atoms with van der Waals surface area (Å²) in [7, 11) is 0. The molecular weight excluding hydrogens is 529 g/mol. The van der Waals surface area contributed by atoms with Gasteiger partial charge in [0.05, 0.1) is 0 Å². The predicted molar refractivity (Wildman–Crippen MR) is 178 cm³/mol. The lowest BCUT2D eigenvalue weighted by Gasteiger charge is -2.39. The Balaban J connectivity index is 1.30. The third-order valence-corrected chi connectivity index (χ3v) is 10.3. The highest BCUT2D eigenvalue weighted by Gasteiger charge is 2.37. The molecule has 1 nitrogen and oxygen atoms in total. The number of hydrogen-bond acceptors (Lipinski definition) is 2. The molecule has 6 aromatic rings. The molecule has 2 atom stereocenters. The Kier molecular flexibility index (Phi) is 5.39. The smallest absolute Gasteiger partial charge is 0.136 e. The third kappa shape index (κ3) is 3.62. The molecule has 2 unspecified atom stereocenters. The van der Waals surface area contributed by atoms with Gasteiger partial charge in [0.1, 0.15) is 11.2 Å². The fraction of sp³-hybridized carbons (Fsp3) is 0.100. The molecule has 42 heavy (non-hydrogen) atoms. The maximum Gasteiger partial charge on any atom is 0.136 e. The number of furan rings is 1. The third-order valence-electron chi connectivity index (χ3n) is 9.18. The highest BCUT2D eigenvalue weighted by Crippen LogP contribution is 2.54. The first-order valence-electron chi connectivity index (χ1n) is 14.8. The minimum atomic E-state index is 0.291. The number of benzene rings is 4. The Hall–Kier alpha value is -4.66. The van der Waals surface area contributed by atoms with Gasteiger partial charge in [-0.2, -0.15) is 0 Å². The lowest BCUT2D eigenvalue weighted by atomic mass is 9.64. The van der Waals surface area contributed by atoms with E-state index in [2.05, 4.69) is 134 Å². The van der Waals surface area contributed by atoms with Crippen molar-refractivity contribution in [2.75, 3.05) is 0 Å². The summed E-state index contributed by atoms with van der Waals surface area (Å²) in [6, 6.07) is 35.3. The topological polar surface area (TPSA) is 13.1 Å². The van der Waals surface area contributed by atoms with Crippen LogP contribution >= 0.6 is 11.3 Å². The van der Waals surface area contributed by atoms with Crippen LogP contribution in [-0.4, -0.2) is 0 Å². The lowest BCUT2D eigenvalue weighted by Crippen LogP contribution is -2.24. The molecule has 0 saturated carbocycles. The summed E-state index contributed by atoms with van der Waals surface area (Å²) in [5.74, 6) is 0.610. The van der Waals surface area contributed by atoms with Crippen LogP contribution in [0.15, 0.2) is 155 Å². The monoisotopic (exact) mass is 556 g/mol. The predicted octanol–water partition coefficient (Wildman–Crippen LogP) is 11.4. The second kappa shape index (κ2) is 9.44. The van der Waals surface area contributed by atoms with Crippen LogP contribution in [0.25, 0.3) is 48.0 Å². The SMILES string of the molecule is C1=CC2=C(c3cccc4oc5cc6sc(-c7ccccc7)cc6cc5c34)C3=C(C=CCC3)C(c3ccccc3)C2C=C1. The molecule has 0 amide bonds. The average molecular weight is 557 g/mol. The van der Waals surface area contributed by atoms with Crippen molar-refractivity contribution in [1.82, 2.24) is 0 Å². The minimum absolute atomic E-state index is 0.291. The average Bonchev–Trinajstić information content (AvgIpc) is 3.64. The Labute approximate surface area is 249 Å². The maximum absolute atomic E-state index is 6.59. The molecule has 2 heterocycles. The van der Waals surface area contributed by atoms with Crippen LogP contribution in [0.2, 0.25) is 0 Å². The van der Waals surface area contributed by atoms with E-state index in [1.807, 2.05) is 11.3 Å². The fourth-order valence-electron chi connectivity index (χ4n) is 7.39. The van der Waals surface area contributed by atoms with Gasteiger partial charge in [0.15, 0.2) is 0 Å². The van der Waals surface area contributed by atoms with E-state index in [-0.39, 0.29) is 0 Å². The highest BCUT2D eigenvalue weighted by molar-refractivity contribution is 7.22. The van der Waals surface area contributed by atoms with E-state index in [1.165, 1.54) is 64.7 Å². The molecule has 2 heteroatoms. The molecule has 0 fully saturated rings. The molecule has 200 valence electrons. The van der Waals surface area contributed by atoms with E-state index in [0.717, 1.165) is 24.0 Å². The zero-order valence-electron chi connectivity index (χ0n) is 23.1. The van der Waals surface area contributed by atoms with Crippen LogP contribution < -0.4 is 0 Å². The van der Waals surface area contributed by atoms with Crippen molar-refractivity contribution in [2.45, 2.75) is 18.8 Å². The molecule has 0 spiro atoms. The molecule has 3 aliphatic carbocycles. The van der Waals surface area contributed by atoms with E-state index in [1.54, 1.807) is 0 Å². The van der Waals surface area contributed by atoms with Gasteiger partial charge in [0.25, 0.3) is 0 Å². The number of allylic oxidation sites excluding steroid dienone is 10. The first-order valence-corrected chi connectivity index (χ1v) is 15.6. The zero-order valence-corrected chi connectivity index (χ0v) is 23.9. The van der Waals surface area contributed by atoms with Gasteiger partial charge in [-0.1, -0.05) is 109 Å². The normalized spacial score (nSPS) is 19.7. The summed E-state index contributed by atoms with van der Waals surface area (Å²) in [5.41, 5.74) is 11.6. The molecular formula is C40H28OS. The van der Waals surface area contributed by atoms with E-state index in [4.69, 9.17) is 4.42 Å². The van der Waals surface area contributed by atoms with E-state index >= 15 is 0 Å². The standard InChI is InChI=1S/C40H28OS/c1-3-12-25(13-4-1)36-23-27-22-33-35(24-37(27)42-36)41-34-21-11-20-32(40(33)34)39-30-18-9-7-16-28(30)38(26-14-5-2-6-15-26)29-17-8-10-19-31(29)39/h1-9,11-18,20-24,28,38H,10,19H2. The maximum atomic E-state index is 6.59. The molecule has 2 aromatic heterocycles. The Morgan fingerprint density at radius 2 is 1.60 bits per heavy atom. The van der Waals surface area contributed by atoms with Crippen molar-refractivity contribution >= 4 is 48.9 Å². The van der Waals surface area contributed by atoms with Gasteiger partial charge in [-0.3, -0.25) is 0 Å². The number of hydrogen-bond donors (Lipinski definition) is 0. The quantitative estimate of drug-likeness (QED) is 0.211. The van der Waals surface area contributed by atoms with E-state index < -0.39 is 0 Å².